The fraction of sp³-hybridized carbons (Fsp3) is 0. The van der Waals surface area contributed by atoms with Crippen molar-refractivity contribution in [2.45, 2.75) is 0 Å². The fourth-order valence-electron chi connectivity index (χ4n) is 2.13. The molecule has 3 aromatic rings. The summed E-state index contributed by atoms with van der Waals surface area (Å²) in [6.45, 7) is 0. The molecule has 7 heteroatoms. The summed E-state index contributed by atoms with van der Waals surface area (Å²) in [7, 11) is 0. The maximum absolute atomic E-state index is 12.2. The molecule has 3 rings (SSSR count). The number of fused-ring (bicyclic) bond motifs is 1. The number of Topliss-reactive ketones (excluding diaryl/α,β-unsaturated/α-hetero) is 1. The lowest BCUT2D eigenvalue weighted by molar-refractivity contribution is -0.117. The van der Waals surface area contributed by atoms with E-state index in [1.54, 1.807) is 18.2 Å². The molecule has 0 bridgehead atoms. The molecule has 0 aliphatic carbocycles. The Morgan fingerprint density at radius 2 is 1.70 bits per heavy atom. The maximum Gasteiger partial charge on any atom is 0.310 e. The highest BCUT2D eigenvalue weighted by Crippen LogP contribution is 2.17. The molecular weight excluding hydrogens is 296 g/mol. The fourth-order valence-corrected chi connectivity index (χ4v) is 2.13. The second-order valence-corrected chi connectivity index (χ2v) is 4.72. The molecule has 0 unspecified atom stereocenters. The van der Waals surface area contributed by atoms with Crippen LogP contribution in [0.3, 0.4) is 0 Å². The number of ketones is 1. The molecule has 0 saturated heterocycles. The highest BCUT2D eigenvalue weighted by Gasteiger charge is 2.20. The van der Waals surface area contributed by atoms with Crippen LogP contribution in [0.1, 0.15) is 20.7 Å². The molecule has 0 atom stereocenters. The molecule has 2 amide bonds. The van der Waals surface area contributed by atoms with E-state index in [0.29, 0.717) is 10.9 Å². The monoisotopic (exact) mass is 308 g/mol. The van der Waals surface area contributed by atoms with Gasteiger partial charge in [0.25, 0.3) is 11.7 Å². The van der Waals surface area contributed by atoms with Crippen LogP contribution in [0, 0.1) is 0 Å². The average molecular weight is 308 g/mol. The maximum atomic E-state index is 12.2. The van der Waals surface area contributed by atoms with Crippen LogP contribution in [-0.4, -0.2) is 27.6 Å². The Morgan fingerprint density at radius 1 is 0.957 bits per heavy atom. The third kappa shape index (κ3) is 2.93. The molecule has 0 aliphatic rings. The Balaban J connectivity index is 1.69. The van der Waals surface area contributed by atoms with Crippen LogP contribution < -0.4 is 10.9 Å². The van der Waals surface area contributed by atoms with Crippen LogP contribution in [0.15, 0.2) is 55.0 Å². The van der Waals surface area contributed by atoms with Crippen molar-refractivity contribution in [3.05, 3.63) is 66.1 Å². The SMILES string of the molecule is O=C(NNC(=O)c1ccncc1)C(=O)c1c[nH]c2ccccc12. The van der Waals surface area contributed by atoms with Crippen molar-refractivity contribution in [3.8, 4) is 0 Å². The summed E-state index contributed by atoms with van der Waals surface area (Å²) in [6.07, 6.45) is 4.37. The summed E-state index contributed by atoms with van der Waals surface area (Å²) in [5, 5.41) is 0.646. The molecule has 23 heavy (non-hydrogen) atoms. The van der Waals surface area contributed by atoms with E-state index in [2.05, 4.69) is 20.8 Å². The van der Waals surface area contributed by atoms with Gasteiger partial charge in [-0.25, -0.2) is 0 Å². The van der Waals surface area contributed by atoms with Crippen LogP contribution in [0.2, 0.25) is 0 Å². The quantitative estimate of drug-likeness (QED) is 0.384. The first-order valence-electron chi connectivity index (χ1n) is 6.78. The molecule has 0 spiro atoms. The number of nitrogens with zero attached hydrogens (tertiary/aromatic N) is 1. The van der Waals surface area contributed by atoms with E-state index in [1.165, 1.54) is 30.7 Å². The number of rotatable bonds is 3. The zero-order valence-electron chi connectivity index (χ0n) is 11.9. The van der Waals surface area contributed by atoms with Crippen molar-refractivity contribution in [1.82, 2.24) is 20.8 Å². The summed E-state index contributed by atoms with van der Waals surface area (Å²) in [5.41, 5.74) is 5.62. The number of hydrogen-bond donors (Lipinski definition) is 3. The molecule has 0 aliphatic heterocycles. The number of H-pyrrole nitrogens is 1. The van der Waals surface area contributed by atoms with Gasteiger partial charge in [0, 0.05) is 35.1 Å². The summed E-state index contributed by atoms with van der Waals surface area (Å²) >= 11 is 0. The Labute approximate surface area is 130 Å². The largest absolute Gasteiger partial charge is 0.360 e. The summed E-state index contributed by atoms with van der Waals surface area (Å²) in [5.74, 6) is -2.19. The number of carbonyl (C=O) groups is 3. The number of carbonyl (C=O) groups excluding carboxylic acids is 3. The smallest absolute Gasteiger partial charge is 0.310 e. The minimum atomic E-state index is -0.919. The Kier molecular flexibility index (Phi) is 3.84. The average Bonchev–Trinajstić information content (AvgIpc) is 3.03. The van der Waals surface area contributed by atoms with E-state index < -0.39 is 17.6 Å². The van der Waals surface area contributed by atoms with Crippen molar-refractivity contribution in [1.29, 1.82) is 0 Å². The second kappa shape index (κ2) is 6.10. The Hall–Kier alpha value is -3.48. The van der Waals surface area contributed by atoms with E-state index >= 15 is 0 Å². The number of hydrogen-bond acceptors (Lipinski definition) is 4. The van der Waals surface area contributed by atoms with Gasteiger partial charge in [-0.2, -0.15) is 0 Å². The minimum Gasteiger partial charge on any atom is -0.360 e. The number of aromatic nitrogens is 2. The van der Waals surface area contributed by atoms with E-state index in [9.17, 15) is 14.4 Å². The van der Waals surface area contributed by atoms with Crippen LogP contribution in [0.5, 0.6) is 0 Å². The highest BCUT2D eigenvalue weighted by atomic mass is 16.2. The van der Waals surface area contributed by atoms with Gasteiger partial charge >= 0.3 is 5.91 Å². The molecule has 0 radical (unpaired) electrons. The van der Waals surface area contributed by atoms with E-state index in [4.69, 9.17) is 0 Å². The molecule has 0 fully saturated rings. The van der Waals surface area contributed by atoms with Crippen LogP contribution >= 0.6 is 0 Å². The van der Waals surface area contributed by atoms with Gasteiger partial charge in [-0.3, -0.25) is 30.2 Å². The molecule has 3 N–H and O–H groups in total. The lowest BCUT2D eigenvalue weighted by Gasteiger charge is -2.06. The first-order valence-corrected chi connectivity index (χ1v) is 6.78. The number of nitrogens with one attached hydrogen (secondary N) is 3. The standard InChI is InChI=1S/C16H12N4O3/c21-14(12-9-18-13-4-2-1-3-11(12)13)16(23)20-19-15(22)10-5-7-17-8-6-10/h1-9,18H,(H,19,22)(H,20,23). The number of hydrazine groups is 1. The van der Waals surface area contributed by atoms with Gasteiger partial charge in [-0.15, -0.1) is 0 Å². The summed E-state index contributed by atoms with van der Waals surface area (Å²) < 4.78 is 0. The van der Waals surface area contributed by atoms with Crippen LogP contribution in [0.25, 0.3) is 10.9 Å². The topological polar surface area (TPSA) is 104 Å². The van der Waals surface area contributed by atoms with Crippen molar-refractivity contribution in [3.63, 3.8) is 0 Å². The first-order chi connectivity index (χ1) is 11.2. The van der Waals surface area contributed by atoms with Crippen LogP contribution in [0.4, 0.5) is 0 Å². The van der Waals surface area contributed by atoms with Gasteiger partial charge in [-0.05, 0) is 18.2 Å². The third-order valence-corrected chi connectivity index (χ3v) is 3.27. The first kappa shape index (κ1) is 14.5. The van der Waals surface area contributed by atoms with Crippen LogP contribution in [-0.2, 0) is 4.79 Å². The molecule has 114 valence electrons. The lowest BCUT2D eigenvalue weighted by atomic mass is 10.1. The summed E-state index contributed by atoms with van der Waals surface area (Å²) in [4.78, 5) is 42.6. The van der Waals surface area contributed by atoms with Gasteiger partial charge < -0.3 is 4.98 Å². The van der Waals surface area contributed by atoms with Gasteiger partial charge in [0.15, 0.2) is 0 Å². The minimum absolute atomic E-state index is 0.247. The zero-order valence-corrected chi connectivity index (χ0v) is 11.9. The normalized spacial score (nSPS) is 10.3. The van der Waals surface area contributed by atoms with Gasteiger partial charge in [0.05, 0.1) is 5.56 Å². The van der Waals surface area contributed by atoms with Crippen molar-refractivity contribution in [2.24, 2.45) is 0 Å². The van der Waals surface area contributed by atoms with Crippen molar-refractivity contribution >= 4 is 28.5 Å². The van der Waals surface area contributed by atoms with Crippen molar-refractivity contribution < 1.29 is 14.4 Å². The zero-order chi connectivity index (χ0) is 16.2. The Morgan fingerprint density at radius 3 is 2.48 bits per heavy atom. The number of aromatic amines is 1. The number of benzene rings is 1. The molecule has 1 aromatic carbocycles. The van der Waals surface area contributed by atoms with E-state index in [1.807, 2.05) is 6.07 Å². The lowest BCUT2D eigenvalue weighted by Crippen LogP contribution is -2.44. The van der Waals surface area contributed by atoms with E-state index in [0.717, 1.165) is 5.52 Å². The van der Waals surface area contributed by atoms with Gasteiger partial charge in [0.2, 0.25) is 0 Å². The number of para-hydroxylation sites is 1. The molecule has 2 heterocycles. The third-order valence-electron chi connectivity index (χ3n) is 3.27. The molecular formula is C16H12N4O3. The predicted molar refractivity (Wildman–Crippen MR) is 82.5 cm³/mol. The van der Waals surface area contributed by atoms with E-state index in [-0.39, 0.29) is 5.56 Å². The number of amides is 2. The van der Waals surface area contributed by atoms with Gasteiger partial charge in [-0.1, -0.05) is 18.2 Å². The van der Waals surface area contributed by atoms with Gasteiger partial charge in [0.1, 0.15) is 0 Å². The molecule has 2 aromatic heterocycles. The Bertz CT molecular complexity index is 886. The summed E-state index contributed by atoms with van der Waals surface area (Å²) in [6, 6.07) is 10.1. The second-order valence-electron chi connectivity index (χ2n) is 4.72. The predicted octanol–water partition coefficient (Wildman–Crippen LogP) is 1.21. The van der Waals surface area contributed by atoms with Crippen molar-refractivity contribution in [2.75, 3.05) is 0 Å². The molecule has 0 saturated carbocycles. The number of pyridine rings is 1. The highest BCUT2D eigenvalue weighted by molar-refractivity contribution is 6.45. The molecule has 7 nitrogen and oxygen atoms in total.